The molecule has 0 saturated heterocycles. The smallest absolute Gasteiger partial charge is 0.141 e. The van der Waals surface area contributed by atoms with Crippen molar-refractivity contribution in [2.24, 2.45) is 11.7 Å². The lowest BCUT2D eigenvalue weighted by Crippen LogP contribution is -2.12. The van der Waals surface area contributed by atoms with E-state index < -0.39 is 5.82 Å². The summed E-state index contributed by atoms with van der Waals surface area (Å²) in [5.74, 6) is 0.126. The fraction of sp³-hybridized carbons (Fsp3) is 0.455. The molecule has 78 valence electrons. The van der Waals surface area contributed by atoms with Crippen molar-refractivity contribution in [2.75, 3.05) is 0 Å². The molecule has 14 heavy (non-hydrogen) atoms. The Bertz CT molecular complexity index is 312. The summed E-state index contributed by atoms with van der Waals surface area (Å²) in [6, 6.07) is 4.59. The molecule has 1 atom stereocenters. The number of hydrogen-bond donors (Lipinski definition) is 1. The molecule has 1 nitrogen and oxygen atoms in total. The maximum absolute atomic E-state index is 12.9. The number of nitrogens with two attached hydrogens (primary N) is 1. The van der Waals surface area contributed by atoms with Crippen molar-refractivity contribution in [1.82, 2.24) is 0 Å². The van der Waals surface area contributed by atoms with Gasteiger partial charge in [0.25, 0.3) is 0 Å². The molecule has 1 unspecified atom stereocenters. The van der Waals surface area contributed by atoms with E-state index in [-0.39, 0.29) is 11.1 Å². The lowest BCUT2D eigenvalue weighted by Gasteiger charge is -2.14. The second-order valence-corrected chi connectivity index (χ2v) is 4.32. The molecule has 0 amide bonds. The first-order valence-electron chi connectivity index (χ1n) is 4.71. The number of halogens is 2. The van der Waals surface area contributed by atoms with Gasteiger partial charge in [0.1, 0.15) is 5.82 Å². The van der Waals surface area contributed by atoms with Gasteiger partial charge < -0.3 is 5.73 Å². The third-order valence-corrected chi connectivity index (χ3v) is 2.39. The molecule has 0 heterocycles. The Hall–Kier alpha value is -0.600. The van der Waals surface area contributed by atoms with E-state index in [4.69, 9.17) is 17.3 Å². The predicted octanol–water partition coefficient (Wildman–Crippen LogP) is 3.53. The molecule has 0 aliphatic carbocycles. The Morgan fingerprint density at radius 1 is 1.43 bits per heavy atom. The Kier molecular flexibility index (Phi) is 3.90. The first kappa shape index (κ1) is 11.5. The van der Waals surface area contributed by atoms with Crippen LogP contribution < -0.4 is 5.73 Å². The minimum atomic E-state index is -0.396. The van der Waals surface area contributed by atoms with Crippen molar-refractivity contribution >= 4 is 11.6 Å². The zero-order chi connectivity index (χ0) is 10.7. The molecule has 0 spiro atoms. The third kappa shape index (κ3) is 2.96. The summed E-state index contributed by atoms with van der Waals surface area (Å²) in [6.07, 6.45) is 0.877. The molecule has 3 heteroatoms. The third-order valence-electron chi connectivity index (χ3n) is 2.10. The van der Waals surface area contributed by atoms with Crippen molar-refractivity contribution in [3.8, 4) is 0 Å². The minimum Gasteiger partial charge on any atom is -0.324 e. The lowest BCUT2D eigenvalue weighted by molar-refractivity contribution is 0.509. The standard InChI is InChI=1S/C11H15ClFN/c1-7(2)5-11(14)8-3-4-10(13)9(12)6-8/h3-4,6-7,11H,5,14H2,1-2H3. The number of hydrogen-bond acceptors (Lipinski definition) is 1. The van der Waals surface area contributed by atoms with Crippen LogP contribution in [0.5, 0.6) is 0 Å². The lowest BCUT2D eigenvalue weighted by atomic mass is 9.98. The van der Waals surface area contributed by atoms with Crippen molar-refractivity contribution in [1.29, 1.82) is 0 Å². The van der Waals surface area contributed by atoms with Crippen LogP contribution in [0.1, 0.15) is 31.9 Å². The van der Waals surface area contributed by atoms with Gasteiger partial charge in [0.15, 0.2) is 0 Å². The highest BCUT2D eigenvalue weighted by molar-refractivity contribution is 6.30. The van der Waals surface area contributed by atoms with Crippen molar-refractivity contribution < 1.29 is 4.39 Å². The molecule has 0 aliphatic rings. The van der Waals surface area contributed by atoms with Crippen molar-refractivity contribution in [2.45, 2.75) is 26.3 Å². The summed E-state index contributed by atoms with van der Waals surface area (Å²) in [5.41, 5.74) is 6.83. The average molecular weight is 216 g/mol. The fourth-order valence-electron chi connectivity index (χ4n) is 1.39. The average Bonchev–Trinajstić information content (AvgIpc) is 2.08. The molecule has 1 aromatic rings. The summed E-state index contributed by atoms with van der Waals surface area (Å²) < 4.78 is 12.9. The Morgan fingerprint density at radius 2 is 2.07 bits per heavy atom. The van der Waals surface area contributed by atoms with Gasteiger partial charge in [0, 0.05) is 6.04 Å². The van der Waals surface area contributed by atoms with Crippen LogP contribution in [0, 0.1) is 11.7 Å². The summed E-state index contributed by atoms with van der Waals surface area (Å²) in [7, 11) is 0. The van der Waals surface area contributed by atoms with Crippen LogP contribution in [0.25, 0.3) is 0 Å². The highest BCUT2D eigenvalue weighted by atomic mass is 35.5. The summed E-state index contributed by atoms with van der Waals surface area (Å²) in [5, 5.41) is 0.140. The van der Waals surface area contributed by atoms with Gasteiger partial charge in [0.05, 0.1) is 5.02 Å². The number of benzene rings is 1. The fourth-order valence-corrected chi connectivity index (χ4v) is 1.58. The SMILES string of the molecule is CC(C)CC(N)c1ccc(F)c(Cl)c1. The van der Waals surface area contributed by atoms with E-state index >= 15 is 0 Å². The van der Waals surface area contributed by atoms with Crippen LogP contribution in [0.4, 0.5) is 4.39 Å². The van der Waals surface area contributed by atoms with E-state index in [0.717, 1.165) is 12.0 Å². The van der Waals surface area contributed by atoms with Crippen LogP contribution in [0.3, 0.4) is 0 Å². The monoisotopic (exact) mass is 215 g/mol. The molecule has 0 saturated carbocycles. The van der Waals surface area contributed by atoms with Crippen molar-refractivity contribution in [3.05, 3.63) is 34.6 Å². The first-order chi connectivity index (χ1) is 6.50. The second kappa shape index (κ2) is 4.76. The van der Waals surface area contributed by atoms with E-state index in [0.29, 0.717) is 5.92 Å². The van der Waals surface area contributed by atoms with Gasteiger partial charge in [-0.1, -0.05) is 31.5 Å². The normalized spacial score (nSPS) is 13.3. The topological polar surface area (TPSA) is 26.0 Å². The Morgan fingerprint density at radius 3 is 2.57 bits per heavy atom. The summed E-state index contributed by atoms with van der Waals surface area (Å²) >= 11 is 5.66. The van der Waals surface area contributed by atoms with Gasteiger partial charge >= 0.3 is 0 Å². The highest BCUT2D eigenvalue weighted by Crippen LogP contribution is 2.23. The summed E-state index contributed by atoms with van der Waals surface area (Å²) in [6.45, 7) is 4.20. The molecule has 2 N–H and O–H groups in total. The highest BCUT2D eigenvalue weighted by Gasteiger charge is 2.10. The summed E-state index contributed by atoms with van der Waals surface area (Å²) in [4.78, 5) is 0. The van der Waals surface area contributed by atoms with Gasteiger partial charge in [-0.15, -0.1) is 0 Å². The molecule has 0 radical (unpaired) electrons. The van der Waals surface area contributed by atoms with Crippen molar-refractivity contribution in [3.63, 3.8) is 0 Å². The molecule has 0 fully saturated rings. The van der Waals surface area contributed by atoms with E-state index in [1.165, 1.54) is 6.07 Å². The second-order valence-electron chi connectivity index (χ2n) is 3.91. The maximum atomic E-state index is 12.9. The van der Waals surface area contributed by atoms with Gasteiger partial charge in [-0.3, -0.25) is 0 Å². The Balaban J connectivity index is 2.80. The molecular weight excluding hydrogens is 201 g/mol. The van der Waals surface area contributed by atoms with Gasteiger partial charge in [-0.25, -0.2) is 4.39 Å². The van der Waals surface area contributed by atoms with Crippen LogP contribution in [0.15, 0.2) is 18.2 Å². The van der Waals surface area contributed by atoms with E-state index in [2.05, 4.69) is 13.8 Å². The van der Waals surface area contributed by atoms with Crippen LogP contribution in [0.2, 0.25) is 5.02 Å². The first-order valence-corrected chi connectivity index (χ1v) is 5.09. The van der Waals surface area contributed by atoms with Gasteiger partial charge in [-0.2, -0.15) is 0 Å². The van der Waals surface area contributed by atoms with Crippen LogP contribution in [-0.4, -0.2) is 0 Å². The molecule has 1 rings (SSSR count). The molecule has 0 aromatic heterocycles. The van der Waals surface area contributed by atoms with Crippen LogP contribution in [-0.2, 0) is 0 Å². The molecule has 0 aliphatic heterocycles. The quantitative estimate of drug-likeness (QED) is 0.820. The zero-order valence-corrected chi connectivity index (χ0v) is 9.18. The minimum absolute atomic E-state index is 0.0619. The Labute approximate surface area is 89.1 Å². The molecule has 0 bridgehead atoms. The van der Waals surface area contributed by atoms with E-state index in [1.54, 1.807) is 12.1 Å². The van der Waals surface area contributed by atoms with Crippen LogP contribution >= 0.6 is 11.6 Å². The van der Waals surface area contributed by atoms with Gasteiger partial charge in [0.2, 0.25) is 0 Å². The van der Waals surface area contributed by atoms with Gasteiger partial charge in [-0.05, 0) is 30.0 Å². The molecular formula is C11H15ClFN. The maximum Gasteiger partial charge on any atom is 0.141 e. The zero-order valence-electron chi connectivity index (χ0n) is 8.43. The largest absolute Gasteiger partial charge is 0.324 e. The predicted molar refractivity (Wildman–Crippen MR) is 57.8 cm³/mol. The number of rotatable bonds is 3. The molecule has 1 aromatic carbocycles. The van der Waals surface area contributed by atoms with E-state index in [9.17, 15) is 4.39 Å². The van der Waals surface area contributed by atoms with E-state index in [1.807, 2.05) is 0 Å².